The van der Waals surface area contributed by atoms with Crippen LogP contribution in [0.2, 0.25) is 0 Å². The molecule has 2 unspecified atom stereocenters. The second-order valence-electron chi connectivity index (χ2n) is 9.07. The number of hydrogen-bond acceptors (Lipinski definition) is 6. The SMILES string of the molecule is CCC(C)(C)CC(NC(=S)NCNC(=S)NC(CC(C)(C)CC)C(=O)OC)C(=O)OC. The smallest absolute Gasteiger partial charge is 0.328 e. The molecule has 0 heterocycles. The largest absolute Gasteiger partial charge is 0.467 e. The summed E-state index contributed by atoms with van der Waals surface area (Å²) in [5, 5.41) is 12.5. The number of carbonyl (C=O) groups excluding carboxylic acids is 2. The molecule has 0 aromatic rings. The second-order valence-corrected chi connectivity index (χ2v) is 9.89. The molecule has 0 aliphatic heterocycles. The van der Waals surface area contributed by atoms with Gasteiger partial charge in [0.05, 0.1) is 20.9 Å². The van der Waals surface area contributed by atoms with Crippen LogP contribution in [0.15, 0.2) is 0 Å². The van der Waals surface area contributed by atoms with Gasteiger partial charge in [-0.15, -0.1) is 0 Å². The maximum Gasteiger partial charge on any atom is 0.328 e. The molecule has 10 heteroatoms. The number of nitrogens with one attached hydrogen (secondary N) is 4. The Morgan fingerprint density at radius 1 is 0.774 bits per heavy atom. The first kappa shape index (κ1) is 29.3. The van der Waals surface area contributed by atoms with Crippen molar-refractivity contribution in [2.75, 3.05) is 20.9 Å². The van der Waals surface area contributed by atoms with Crippen LogP contribution in [0.25, 0.3) is 0 Å². The third-order valence-corrected chi connectivity index (χ3v) is 6.03. The van der Waals surface area contributed by atoms with Crippen molar-refractivity contribution in [3.05, 3.63) is 0 Å². The van der Waals surface area contributed by atoms with E-state index < -0.39 is 12.1 Å². The topological polar surface area (TPSA) is 101 Å². The Kier molecular flexibility index (Phi) is 12.9. The van der Waals surface area contributed by atoms with Crippen LogP contribution in [-0.4, -0.2) is 55.1 Å². The lowest BCUT2D eigenvalue weighted by Gasteiger charge is -2.29. The van der Waals surface area contributed by atoms with Crippen molar-refractivity contribution < 1.29 is 19.1 Å². The Bertz CT molecular complexity index is 575. The first-order valence-corrected chi connectivity index (χ1v) is 11.4. The van der Waals surface area contributed by atoms with Crippen LogP contribution >= 0.6 is 24.4 Å². The van der Waals surface area contributed by atoms with Crippen molar-refractivity contribution in [2.24, 2.45) is 10.8 Å². The Morgan fingerprint density at radius 3 is 1.35 bits per heavy atom. The molecule has 180 valence electrons. The van der Waals surface area contributed by atoms with Crippen LogP contribution in [0, 0.1) is 10.8 Å². The highest BCUT2D eigenvalue weighted by molar-refractivity contribution is 7.80. The summed E-state index contributed by atoms with van der Waals surface area (Å²) in [5.74, 6) is -0.731. The standard InChI is InChI=1S/C21H40N4O4S2/c1-9-20(3,4)11-14(16(26)28-7)24-18(30)22-13-23-19(31)25-15(17(27)29-8)12-21(5,6)10-2/h14-15H,9-13H2,1-8H3,(H2,22,24,30)(H2,23,25,31). The fourth-order valence-electron chi connectivity index (χ4n) is 2.69. The monoisotopic (exact) mass is 476 g/mol. The number of methoxy groups -OCH3 is 2. The third-order valence-electron chi connectivity index (χ3n) is 5.51. The zero-order valence-corrected chi connectivity index (χ0v) is 21.8. The van der Waals surface area contributed by atoms with Crippen LogP contribution in [0.1, 0.15) is 67.2 Å². The molecule has 0 saturated heterocycles. The van der Waals surface area contributed by atoms with Gasteiger partial charge in [0.15, 0.2) is 10.2 Å². The summed E-state index contributed by atoms with van der Waals surface area (Å²) >= 11 is 10.6. The van der Waals surface area contributed by atoms with Gasteiger partial charge in [-0.25, -0.2) is 9.59 Å². The van der Waals surface area contributed by atoms with Gasteiger partial charge in [0, 0.05) is 0 Å². The van der Waals surface area contributed by atoms with Gasteiger partial charge >= 0.3 is 11.9 Å². The van der Waals surface area contributed by atoms with E-state index in [1.165, 1.54) is 14.2 Å². The number of hydrogen-bond donors (Lipinski definition) is 4. The van der Waals surface area contributed by atoms with Crippen LogP contribution in [0.4, 0.5) is 0 Å². The minimum Gasteiger partial charge on any atom is -0.467 e. The molecular weight excluding hydrogens is 436 g/mol. The van der Waals surface area contributed by atoms with E-state index in [0.29, 0.717) is 23.1 Å². The first-order valence-electron chi connectivity index (χ1n) is 10.5. The maximum atomic E-state index is 12.1. The lowest BCUT2D eigenvalue weighted by atomic mass is 9.83. The van der Waals surface area contributed by atoms with Crippen LogP contribution < -0.4 is 21.3 Å². The molecule has 8 nitrogen and oxygen atoms in total. The molecular formula is C21H40N4O4S2. The summed E-state index contributed by atoms with van der Waals surface area (Å²) in [5.41, 5.74) is -0.0826. The van der Waals surface area contributed by atoms with Crippen LogP contribution in [0.3, 0.4) is 0 Å². The van der Waals surface area contributed by atoms with Gasteiger partial charge in [-0.2, -0.15) is 0 Å². The molecule has 0 spiro atoms. The van der Waals surface area contributed by atoms with Gasteiger partial charge < -0.3 is 30.7 Å². The van der Waals surface area contributed by atoms with Gasteiger partial charge in [-0.3, -0.25) is 0 Å². The molecule has 2 atom stereocenters. The minimum atomic E-state index is -0.551. The number of esters is 2. The molecule has 0 saturated carbocycles. The summed E-state index contributed by atoms with van der Waals surface area (Å²) in [4.78, 5) is 24.2. The van der Waals surface area contributed by atoms with Crippen molar-refractivity contribution in [1.29, 1.82) is 0 Å². The molecule has 0 aliphatic carbocycles. The zero-order chi connectivity index (χ0) is 24.2. The van der Waals surface area contributed by atoms with Crippen LogP contribution in [-0.2, 0) is 19.1 Å². The third kappa shape index (κ3) is 12.1. The van der Waals surface area contributed by atoms with E-state index in [2.05, 4.69) is 62.8 Å². The van der Waals surface area contributed by atoms with Crippen molar-refractivity contribution in [3.8, 4) is 0 Å². The van der Waals surface area contributed by atoms with E-state index in [9.17, 15) is 9.59 Å². The van der Waals surface area contributed by atoms with E-state index in [4.69, 9.17) is 33.9 Å². The number of carbonyl (C=O) groups is 2. The minimum absolute atomic E-state index is 0.0413. The molecule has 0 aromatic heterocycles. The molecule has 0 radical (unpaired) electrons. The molecule has 0 aromatic carbocycles. The number of rotatable bonds is 12. The maximum absolute atomic E-state index is 12.1. The van der Waals surface area contributed by atoms with E-state index >= 15 is 0 Å². The molecule has 0 amide bonds. The lowest BCUT2D eigenvalue weighted by molar-refractivity contribution is -0.144. The molecule has 0 rings (SSSR count). The summed E-state index contributed by atoms with van der Waals surface area (Å²) in [6, 6.07) is -1.10. The summed E-state index contributed by atoms with van der Waals surface area (Å²) in [6.45, 7) is 12.7. The van der Waals surface area contributed by atoms with Crippen molar-refractivity contribution in [3.63, 3.8) is 0 Å². The highest BCUT2D eigenvalue weighted by atomic mass is 32.1. The normalized spacial score (nSPS) is 13.4. The van der Waals surface area contributed by atoms with Crippen LogP contribution in [0.5, 0.6) is 0 Å². The van der Waals surface area contributed by atoms with Gasteiger partial charge in [0.2, 0.25) is 0 Å². The molecule has 0 fully saturated rings. The van der Waals surface area contributed by atoms with Crippen molar-refractivity contribution in [1.82, 2.24) is 21.3 Å². The Hall–Kier alpha value is -1.68. The van der Waals surface area contributed by atoms with Gasteiger partial charge in [0.1, 0.15) is 12.1 Å². The fraction of sp³-hybridized carbons (Fsp3) is 0.810. The van der Waals surface area contributed by atoms with E-state index in [0.717, 1.165) is 12.8 Å². The molecule has 0 aliphatic rings. The Labute approximate surface area is 198 Å². The summed E-state index contributed by atoms with van der Waals surface area (Å²) in [7, 11) is 2.71. The highest BCUT2D eigenvalue weighted by Crippen LogP contribution is 2.27. The highest BCUT2D eigenvalue weighted by Gasteiger charge is 2.29. The van der Waals surface area contributed by atoms with Crippen molar-refractivity contribution in [2.45, 2.75) is 79.3 Å². The number of thiocarbonyl (C=S) groups is 2. The second kappa shape index (κ2) is 13.7. The predicted octanol–water partition coefficient (Wildman–Crippen LogP) is 2.61. The first-order chi connectivity index (χ1) is 14.3. The predicted molar refractivity (Wildman–Crippen MR) is 132 cm³/mol. The Balaban J connectivity index is 4.72. The molecule has 31 heavy (non-hydrogen) atoms. The quantitative estimate of drug-likeness (QED) is 0.191. The average molecular weight is 477 g/mol. The molecule has 4 N–H and O–H groups in total. The Morgan fingerprint density at radius 2 is 1.10 bits per heavy atom. The summed E-state index contributed by atoms with van der Waals surface area (Å²) < 4.78 is 9.79. The van der Waals surface area contributed by atoms with E-state index in [-0.39, 0.29) is 29.4 Å². The van der Waals surface area contributed by atoms with Crippen molar-refractivity contribution >= 4 is 46.6 Å². The zero-order valence-electron chi connectivity index (χ0n) is 20.1. The molecule has 0 bridgehead atoms. The van der Waals surface area contributed by atoms with Gasteiger partial charge in [0.25, 0.3) is 0 Å². The average Bonchev–Trinajstić information content (AvgIpc) is 2.71. The van der Waals surface area contributed by atoms with Gasteiger partial charge in [-0.1, -0.05) is 54.4 Å². The van der Waals surface area contributed by atoms with E-state index in [1.807, 2.05) is 0 Å². The van der Waals surface area contributed by atoms with Gasteiger partial charge in [-0.05, 0) is 48.1 Å². The van der Waals surface area contributed by atoms with E-state index in [1.54, 1.807) is 0 Å². The summed E-state index contributed by atoms with van der Waals surface area (Å²) in [6.07, 6.45) is 3.00. The lowest BCUT2D eigenvalue weighted by Crippen LogP contribution is -2.53. The fourth-order valence-corrected chi connectivity index (χ4v) is 3.12. The number of ether oxygens (including phenoxy) is 2.